The Hall–Kier alpha value is -3.32. The molecule has 1 unspecified atom stereocenters. The topological polar surface area (TPSA) is 91.8 Å². The first-order valence-corrected chi connectivity index (χ1v) is 9.57. The van der Waals surface area contributed by atoms with Crippen molar-refractivity contribution in [3.63, 3.8) is 0 Å². The number of Topliss-reactive ketones (excluding diaryl/α,β-unsaturated/α-hetero) is 2. The van der Waals surface area contributed by atoms with E-state index >= 15 is 0 Å². The minimum Gasteiger partial charge on any atom is -0.294 e. The second kappa shape index (κ2) is 8.59. The summed E-state index contributed by atoms with van der Waals surface area (Å²) in [4.78, 5) is 65.4. The summed E-state index contributed by atoms with van der Waals surface area (Å²) >= 11 is 5.89. The smallest absolute Gasteiger partial charge is 0.294 e. The predicted molar refractivity (Wildman–Crippen MR) is 109 cm³/mol. The molecule has 1 saturated heterocycles. The van der Waals surface area contributed by atoms with Crippen molar-refractivity contribution >= 4 is 41.0 Å². The summed E-state index contributed by atoms with van der Waals surface area (Å²) in [5.74, 6) is -5.29. The minimum atomic E-state index is -1.48. The van der Waals surface area contributed by atoms with Crippen molar-refractivity contribution in [3.8, 4) is 0 Å². The fraction of sp³-hybridized carbons (Fsp3) is 0.227. The van der Waals surface area contributed by atoms with Crippen molar-refractivity contribution in [3.05, 3.63) is 70.7 Å². The molecule has 7 nitrogen and oxygen atoms in total. The molecule has 1 aliphatic rings. The van der Waals surface area contributed by atoms with Crippen LogP contribution < -0.4 is 0 Å². The molecule has 1 fully saturated rings. The van der Waals surface area contributed by atoms with E-state index < -0.39 is 35.5 Å². The number of hydrogen-bond acceptors (Lipinski definition) is 5. The van der Waals surface area contributed by atoms with E-state index in [9.17, 15) is 24.0 Å². The van der Waals surface area contributed by atoms with Gasteiger partial charge in [-0.2, -0.15) is 0 Å². The van der Waals surface area contributed by atoms with Gasteiger partial charge in [-0.05, 0) is 24.3 Å². The number of hydrogen-bond donors (Lipinski definition) is 0. The van der Waals surface area contributed by atoms with Crippen LogP contribution in [0.4, 0.5) is 4.79 Å². The number of carbonyl (C=O) groups excluding carboxylic acids is 5. The highest BCUT2D eigenvalue weighted by Gasteiger charge is 2.49. The molecular weight excluding hydrogens is 408 g/mol. The van der Waals surface area contributed by atoms with Gasteiger partial charge in [0.05, 0.1) is 5.92 Å². The van der Waals surface area contributed by atoms with Gasteiger partial charge in [-0.15, -0.1) is 0 Å². The quantitative estimate of drug-likeness (QED) is 0.523. The average Bonchev–Trinajstić information content (AvgIpc) is 2.76. The molecule has 0 aromatic heterocycles. The van der Waals surface area contributed by atoms with Crippen LogP contribution in [-0.4, -0.2) is 53.3 Å². The highest BCUT2D eigenvalue weighted by atomic mass is 35.5. The normalized spacial score (nSPS) is 16.0. The Morgan fingerprint density at radius 2 is 1.40 bits per heavy atom. The molecule has 0 bridgehead atoms. The number of barbiturate groups is 1. The maximum Gasteiger partial charge on any atom is 0.332 e. The number of amides is 4. The van der Waals surface area contributed by atoms with Crippen molar-refractivity contribution < 1.29 is 24.0 Å². The Bertz CT molecular complexity index is 996. The largest absolute Gasteiger partial charge is 0.332 e. The van der Waals surface area contributed by atoms with Crippen LogP contribution in [0, 0.1) is 11.8 Å². The Morgan fingerprint density at radius 3 is 1.93 bits per heavy atom. The zero-order valence-corrected chi connectivity index (χ0v) is 17.1. The predicted octanol–water partition coefficient (Wildman–Crippen LogP) is 3.08. The molecule has 0 saturated carbocycles. The van der Waals surface area contributed by atoms with Crippen LogP contribution in [0.2, 0.25) is 5.02 Å². The molecule has 0 aliphatic carbocycles. The highest BCUT2D eigenvalue weighted by Crippen LogP contribution is 2.30. The lowest BCUT2D eigenvalue weighted by Crippen LogP contribution is -2.59. The Morgan fingerprint density at radius 1 is 0.867 bits per heavy atom. The summed E-state index contributed by atoms with van der Waals surface area (Å²) < 4.78 is 0. The second-order valence-electron chi connectivity index (χ2n) is 7.03. The Labute approximate surface area is 178 Å². The van der Waals surface area contributed by atoms with E-state index in [1.807, 2.05) is 0 Å². The van der Waals surface area contributed by atoms with Crippen LogP contribution in [0.1, 0.15) is 27.1 Å². The van der Waals surface area contributed by atoms with Gasteiger partial charge < -0.3 is 0 Å². The van der Waals surface area contributed by atoms with Gasteiger partial charge in [0.2, 0.25) is 11.8 Å². The third kappa shape index (κ3) is 4.02. The monoisotopic (exact) mass is 426 g/mol. The van der Waals surface area contributed by atoms with Crippen molar-refractivity contribution in [1.82, 2.24) is 9.80 Å². The Balaban J connectivity index is 2.02. The van der Waals surface area contributed by atoms with E-state index in [1.165, 1.54) is 38.4 Å². The fourth-order valence-corrected chi connectivity index (χ4v) is 3.54. The molecule has 0 radical (unpaired) electrons. The highest BCUT2D eigenvalue weighted by molar-refractivity contribution is 6.30. The van der Waals surface area contributed by atoms with Gasteiger partial charge in [0.15, 0.2) is 11.6 Å². The molecule has 0 N–H and O–H groups in total. The van der Waals surface area contributed by atoms with E-state index in [4.69, 9.17) is 11.6 Å². The lowest BCUT2D eigenvalue weighted by atomic mass is 9.79. The van der Waals surface area contributed by atoms with Gasteiger partial charge in [0, 0.05) is 36.7 Å². The van der Waals surface area contributed by atoms with Gasteiger partial charge in [-0.3, -0.25) is 29.0 Å². The number of carbonyl (C=O) groups is 5. The van der Waals surface area contributed by atoms with E-state index in [0.29, 0.717) is 10.6 Å². The van der Waals surface area contributed by atoms with Crippen LogP contribution in [0.3, 0.4) is 0 Å². The number of benzene rings is 2. The number of halogens is 1. The minimum absolute atomic E-state index is 0.216. The summed E-state index contributed by atoms with van der Waals surface area (Å²) in [6.07, 6.45) is -0.358. The first-order chi connectivity index (χ1) is 14.2. The van der Waals surface area contributed by atoms with E-state index in [-0.39, 0.29) is 17.8 Å². The number of ketones is 2. The maximum absolute atomic E-state index is 13.3. The molecule has 0 spiro atoms. The van der Waals surface area contributed by atoms with Crippen LogP contribution in [0.25, 0.3) is 0 Å². The number of urea groups is 1. The summed E-state index contributed by atoms with van der Waals surface area (Å²) in [6.45, 7) is 0. The third-order valence-corrected chi connectivity index (χ3v) is 5.39. The SMILES string of the molecule is CN1C(=O)C(C(CC(=O)c2ccccc2)C(=O)c2ccc(Cl)cc2)C(=O)N(C)C1=O. The Kier molecular flexibility index (Phi) is 6.12. The number of rotatable bonds is 6. The molecular formula is C22H19ClN2O5. The molecule has 2 aromatic carbocycles. The van der Waals surface area contributed by atoms with Crippen molar-refractivity contribution in [1.29, 1.82) is 0 Å². The second-order valence-corrected chi connectivity index (χ2v) is 7.46. The zero-order valence-electron chi connectivity index (χ0n) is 16.4. The molecule has 1 atom stereocenters. The molecule has 8 heteroatoms. The van der Waals surface area contributed by atoms with Gasteiger partial charge in [-0.1, -0.05) is 41.9 Å². The number of nitrogens with zero attached hydrogens (tertiary/aromatic N) is 2. The van der Waals surface area contributed by atoms with Gasteiger partial charge in [0.1, 0.15) is 5.92 Å². The fourth-order valence-electron chi connectivity index (χ4n) is 3.41. The molecule has 30 heavy (non-hydrogen) atoms. The van der Waals surface area contributed by atoms with E-state index in [0.717, 1.165) is 9.80 Å². The zero-order chi connectivity index (χ0) is 22.0. The van der Waals surface area contributed by atoms with Crippen LogP contribution >= 0.6 is 11.6 Å². The molecule has 4 amide bonds. The first-order valence-electron chi connectivity index (χ1n) is 9.19. The number of imide groups is 2. The molecule has 2 aromatic rings. The van der Waals surface area contributed by atoms with E-state index in [1.54, 1.807) is 30.3 Å². The summed E-state index contributed by atoms with van der Waals surface area (Å²) in [5.41, 5.74) is 0.577. The standard InChI is InChI=1S/C22H19ClN2O5/c1-24-20(28)18(21(29)25(2)22(24)30)16(12-17(26)13-6-4-3-5-7-13)19(27)14-8-10-15(23)11-9-14/h3-11,16,18H,12H2,1-2H3. The molecule has 3 rings (SSSR count). The summed E-state index contributed by atoms with van der Waals surface area (Å²) in [6, 6.07) is 13.5. The summed E-state index contributed by atoms with van der Waals surface area (Å²) in [5, 5.41) is 0.415. The maximum atomic E-state index is 13.3. The van der Waals surface area contributed by atoms with Crippen molar-refractivity contribution in [2.45, 2.75) is 6.42 Å². The average molecular weight is 427 g/mol. The lowest BCUT2D eigenvalue weighted by molar-refractivity contribution is -0.149. The van der Waals surface area contributed by atoms with E-state index in [2.05, 4.69) is 0 Å². The molecule has 1 heterocycles. The van der Waals surface area contributed by atoms with Gasteiger partial charge >= 0.3 is 6.03 Å². The molecule has 1 aliphatic heterocycles. The van der Waals surface area contributed by atoms with Crippen LogP contribution in [0.5, 0.6) is 0 Å². The van der Waals surface area contributed by atoms with Crippen molar-refractivity contribution in [2.75, 3.05) is 14.1 Å². The lowest BCUT2D eigenvalue weighted by Gasteiger charge is -2.35. The molecule has 154 valence electrons. The summed E-state index contributed by atoms with van der Waals surface area (Å²) in [7, 11) is 2.48. The van der Waals surface area contributed by atoms with Crippen molar-refractivity contribution in [2.24, 2.45) is 11.8 Å². The van der Waals surface area contributed by atoms with Gasteiger partial charge in [0.25, 0.3) is 0 Å². The van der Waals surface area contributed by atoms with Gasteiger partial charge in [-0.25, -0.2) is 4.79 Å². The first kappa shape index (κ1) is 21.4. The third-order valence-electron chi connectivity index (χ3n) is 5.14. The van der Waals surface area contributed by atoms with Crippen LogP contribution in [0.15, 0.2) is 54.6 Å². The van der Waals surface area contributed by atoms with Crippen LogP contribution in [-0.2, 0) is 9.59 Å².